The summed E-state index contributed by atoms with van der Waals surface area (Å²) < 4.78 is 7.80. The van der Waals surface area contributed by atoms with Crippen molar-refractivity contribution in [1.82, 2.24) is 20.1 Å². The lowest BCUT2D eigenvalue weighted by molar-refractivity contribution is -0.0712. The van der Waals surface area contributed by atoms with Crippen molar-refractivity contribution in [2.24, 2.45) is 0 Å². The van der Waals surface area contributed by atoms with E-state index in [1.807, 2.05) is 4.68 Å². The predicted octanol–water partition coefficient (Wildman–Crippen LogP) is 0.998. The van der Waals surface area contributed by atoms with Gasteiger partial charge in [0.2, 0.25) is 0 Å². The maximum atomic E-state index is 5.81. The minimum absolute atomic E-state index is 0.138. The molecular formula is C12H22N4O. The molecule has 5 heteroatoms. The van der Waals surface area contributed by atoms with Gasteiger partial charge in [0.15, 0.2) is 0 Å². The van der Waals surface area contributed by atoms with E-state index in [4.69, 9.17) is 4.74 Å². The van der Waals surface area contributed by atoms with Crippen molar-refractivity contribution >= 4 is 0 Å². The normalized spacial score (nSPS) is 23.8. The molecule has 1 N–H and O–H groups in total. The van der Waals surface area contributed by atoms with Crippen LogP contribution in [0.3, 0.4) is 0 Å². The van der Waals surface area contributed by atoms with Crippen molar-refractivity contribution in [1.29, 1.82) is 0 Å². The number of aromatic nitrogens is 3. The van der Waals surface area contributed by atoms with Crippen LogP contribution in [0.4, 0.5) is 0 Å². The van der Waals surface area contributed by atoms with Gasteiger partial charge in [0, 0.05) is 25.6 Å². The number of hydrogen-bond donors (Lipinski definition) is 1. The molecule has 1 saturated heterocycles. The van der Waals surface area contributed by atoms with Crippen molar-refractivity contribution in [3.63, 3.8) is 0 Å². The Labute approximate surface area is 103 Å². The number of nitrogens with zero attached hydrogens (tertiary/aromatic N) is 3. The number of ether oxygens (including phenoxy) is 1. The van der Waals surface area contributed by atoms with E-state index in [2.05, 4.69) is 36.2 Å². The summed E-state index contributed by atoms with van der Waals surface area (Å²) in [6.07, 6.45) is 3.59. The molecule has 1 unspecified atom stereocenters. The first-order chi connectivity index (χ1) is 8.13. The summed E-state index contributed by atoms with van der Waals surface area (Å²) in [6.45, 7) is 9.04. The second-order valence-electron chi connectivity index (χ2n) is 5.06. The molecule has 0 spiro atoms. The predicted molar refractivity (Wildman–Crippen MR) is 65.8 cm³/mol. The zero-order valence-corrected chi connectivity index (χ0v) is 10.9. The highest BCUT2D eigenvalue weighted by Crippen LogP contribution is 2.20. The average molecular weight is 238 g/mol. The monoisotopic (exact) mass is 238 g/mol. The Morgan fingerprint density at radius 2 is 2.41 bits per heavy atom. The van der Waals surface area contributed by atoms with Crippen molar-refractivity contribution < 1.29 is 4.74 Å². The minimum atomic E-state index is -0.138. The summed E-state index contributed by atoms with van der Waals surface area (Å²) in [5.41, 5.74) is -0.138. The van der Waals surface area contributed by atoms with Gasteiger partial charge in [0.05, 0.1) is 12.2 Å². The van der Waals surface area contributed by atoms with Crippen molar-refractivity contribution in [2.75, 3.05) is 13.2 Å². The Morgan fingerprint density at radius 1 is 1.59 bits per heavy atom. The number of aryl methyl sites for hydroxylation is 1. The third-order valence-corrected chi connectivity index (χ3v) is 3.32. The molecular weight excluding hydrogens is 216 g/mol. The van der Waals surface area contributed by atoms with Gasteiger partial charge in [-0.15, -0.1) is 0 Å². The third-order valence-electron chi connectivity index (χ3n) is 3.32. The molecule has 5 nitrogen and oxygen atoms in total. The zero-order chi connectivity index (χ0) is 12.3. The summed E-state index contributed by atoms with van der Waals surface area (Å²) >= 11 is 0. The van der Waals surface area contributed by atoms with Crippen LogP contribution in [0.25, 0.3) is 0 Å². The van der Waals surface area contributed by atoms with Crippen LogP contribution in [-0.2, 0) is 17.7 Å². The average Bonchev–Trinajstić information content (AvgIpc) is 2.70. The maximum Gasteiger partial charge on any atom is 0.138 e. The molecule has 17 heavy (non-hydrogen) atoms. The van der Waals surface area contributed by atoms with Gasteiger partial charge in [-0.3, -0.25) is 4.68 Å². The molecule has 96 valence electrons. The van der Waals surface area contributed by atoms with E-state index in [1.165, 1.54) is 0 Å². The number of morpholine rings is 1. The smallest absolute Gasteiger partial charge is 0.138 e. The molecule has 1 aromatic rings. The Bertz CT molecular complexity index is 361. The Morgan fingerprint density at radius 3 is 3.12 bits per heavy atom. The van der Waals surface area contributed by atoms with Crippen molar-refractivity contribution in [3.8, 4) is 0 Å². The topological polar surface area (TPSA) is 52.0 Å². The van der Waals surface area contributed by atoms with Crippen LogP contribution < -0.4 is 5.32 Å². The molecule has 2 heterocycles. The molecule has 1 aliphatic rings. The van der Waals surface area contributed by atoms with E-state index in [0.29, 0.717) is 6.04 Å². The first-order valence-electron chi connectivity index (χ1n) is 6.37. The van der Waals surface area contributed by atoms with Crippen LogP contribution >= 0.6 is 0 Å². The number of nitrogens with one attached hydrogen (secondary N) is 1. The third kappa shape index (κ3) is 2.84. The van der Waals surface area contributed by atoms with Crippen LogP contribution in [0, 0.1) is 0 Å². The second-order valence-corrected chi connectivity index (χ2v) is 5.06. The lowest BCUT2D eigenvalue weighted by Crippen LogP contribution is -2.55. The SMILES string of the molecule is CCCn1ncnc1CC1NCCOC1(C)C. The van der Waals surface area contributed by atoms with Gasteiger partial charge >= 0.3 is 0 Å². The molecule has 0 saturated carbocycles. The van der Waals surface area contributed by atoms with Crippen LogP contribution in [0.2, 0.25) is 0 Å². The second kappa shape index (κ2) is 5.14. The lowest BCUT2D eigenvalue weighted by Gasteiger charge is -2.39. The van der Waals surface area contributed by atoms with Crippen LogP contribution in [0.1, 0.15) is 33.0 Å². The van der Waals surface area contributed by atoms with E-state index >= 15 is 0 Å². The van der Waals surface area contributed by atoms with Crippen molar-refractivity contribution in [3.05, 3.63) is 12.2 Å². The van der Waals surface area contributed by atoms with Gasteiger partial charge < -0.3 is 10.1 Å². The van der Waals surface area contributed by atoms with Crippen LogP contribution in [0.5, 0.6) is 0 Å². The van der Waals surface area contributed by atoms with Gasteiger partial charge in [0.1, 0.15) is 12.2 Å². The summed E-state index contributed by atoms with van der Waals surface area (Å²) in [5.74, 6) is 1.04. The van der Waals surface area contributed by atoms with Gasteiger partial charge in [-0.1, -0.05) is 6.92 Å². The van der Waals surface area contributed by atoms with Crippen molar-refractivity contribution in [2.45, 2.75) is 51.8 Å². The molecule has 1 aromatic heterocycles. The number of rotatable bonds is 4. The molecule has 1 fully saturated rings. The zero-order valence-electron chi connectivity index (χ0n) is 10.9. The summed E-state index contributed by atoms with van der Waals surface area (Å²) in [6, 6.07) is 0.302. The largest absolute Gasteiger partial charge is 0.373 e. The fourth-order valence-corrected chi connectivity index (χ4v) is 2.24. The Hall–Kier alpha value is -0.940. The first-order valence-corrected chi connectivity index (χ1v) is 6.37. The molecule has 0 bridgehead atoms. The van der Waals surface area contributed by atoms with E-state index < -0.39 is 0 Å². The summed E-state index contributed by atoms with van der Waals surface area (Å²) in [7, 11) is 0. The molecule has 1 aliphatic heterocycles. The van der Waals surface area contributed by atoms with Crippen LogP contribution in [-0.4, -0.2) is 39.6 Å². The Kier molecular flexibility index (Phi) is 3.79. The fraction of sp³-hybridized carbons (Fsp3) is 0.833. The highest BCUT2D eigenvalue weighted by molar-refractivity contribution is 4.98. The minimum Gasteiger partial charge on any atom is -0.373 e. The highest BCUT2D eigenvalue weighted by Gasteiger charge is 2.34. The molecule has 0 amide bonds. The molecule has 0 aliphatic carbocycles. The molecule has 0 aromatic carbocycles. The van der Waals surface area contributed by atoms with E-state index in [-0.39, 0.29) is 5.60 Å². The Balaban J connectivity index is 2.06. The fourth-order valence-electron chi connectivity index (χ4n) is 2.24. The van der Waals surface area contributed by atoms with E-state index in [0.717, 1.165) is 38.4 Å². The molecule has 1 atom stereocenters. The first kappa shape index (κ1) is 12.5. The maximum absolute atomic E-state index is 5.81. The highest BCUT2D eigenvalue weighted by atomic mass is 16.5. The molecule has 0 radical (unpaired) electrons. The quantitative estimate of drug-likeness (QED) is 0.850. The number of hydrogen-bond acceptors (Lipinski definition) is 4. The molecule has 2 rings (SSSR count). The van der Waals surface area contributed by atoms with E-state index in [9.17, 15) is 0 Å². The standard InChI is InChI=1S/C12H22N4O/c1-4-6-16-11(14-9-15-16)8-10-12(2,3)17-7-5-13-10/h9-10,13H,4-8H2,1-3H3. The van der Waals surface area contributed by atoms with Gasteiger partial charge in [0.25, 0.3) is 0 Å². The van der Waals surface area contributed by atoms with Gasteiger partial charge in [-0.25, -0.2) is 4.98 Å². The van der Waals surface area contributed by atoms with E-state index in [1.54, 1.807) is 6.33 Å². The van der Waals surface area contributed by atoms with Gasteiger partial charge in [-0.2, -0.15) is 5.10 Å². The van der Waals surface area contributed by atoms with Gasteiger partial charge in [-0.05, 0) is 20.3 Å². The summed E-state index contributed by atoms with van der Waals surface area (Å²) in [4.78, 5) is 4.35. The van der Waals surface area contributed by atoms with Crippen LogP contribution in [0.15, 0.2) is 6.33 Å². The lowest BCUT2D eigenvalue weighted by atomic mass is 9.94. The summed E-state index contributed by atoms with van der Waals surface area (Å²) in [5, 5.41) is 7.77.